The van der Waals surface area contributed by atoms with E-state index in [9.17, 15) is 9.59 Å². The number of carbonyl (C=O) groups excluding carboxylic acids is 2. The van der Waals surface area contributed by atoms with Crippen molar-refractivity contribution < 1.29 is 14.3 Å². The average molecular weight is 390 g/mol. The molecule has 2 amide bonds. The highest BCUT2D eigenvalue weighted by molar-refractivity contribution is 7.22. The zero-order valence-corrected chi connectivity index (χ0v) is 17.1. The van der Waals surface area contributed by atoms with E-state index < -0.39 is 6.23 Å². The molecule has 0 radical (unpaired) electrons. The summed E-state index contributed by atoms with van der Waals surface area (Å²) in [5, 5.41) is 0.594. The molecule has 27 heavy (non-hydrogen) atoms. The fourth-order valence-corrected chi connectivity index (χ4v) is 4.28. The van der Waals surface area contributed by atoms with Gasteiger partial charge in [0.2, 0.25) is 6.23 Å². The number of benzene rings is 1. The van der Waals surface area contributed by atoms with Crippen LogP contribution < -0.4 is 4.90 Å². The molecule has 2 heterocycles. The van der Waals surface area contributed by atoms with Crippen LogP contribution in [0.15, 0.2) is 18.2 Å². The number of rotatable bonds is 8. The van der Waals surface area contributed by atoms with Gasteiger partial charge in [-0.3, -0.25) is 4.79 Å². The molecule has 146 valence electrons. The van der Waals surface area contributed by atoms with Crippen molar-refractivity contribution in [2.24, 2.45) is 0 Å². The van der Waals surface area contributed by atoms with Crippen molar-refractivity contribution in [1.29, 1.82) is 0 Å². The summed E-state index contributed by atoms with van der Waals surface area (Å²) in [5.41, 5.74) is 2.13. The maximum absolute atomic E-state index is 12.9. The fraction of sp³-hybridized carbons (Fsp3) is 0.550. The highest BCUT2D eigenvalue weighted by Gasteiger charge is 2.41. The Morgan fingerprint density at radius 1 is 1.26 bits per heavy atom. The molecule has 7 heteroatoms. The van der Waals surface area contributed by atoms with Gasteiger partial charge in [-0.2, -0.15) is 0 Å². The lowest BCUT2D eigenvalue weighted by atomic mass is 10.1. The lowest BCUT2D eigenvalue weighted by molar-refractivity contribution is -0.148. The van der Waals surface area contributed by atoms with E-state index in [4.69, 9.17) is 9.72 Å². The molecule has 0 saturated carbocycles. The van der Waals surface area contributed by atoms with Gasteiger partial charge in [0, 0.05) is 13.0 Å². The fourth-order valence-electron chi connectivity index (χ4n) is 3.30. The summed E-state index contributed by atoms with van der Waals surface area (Å²) in [6.07, 6.45) is 3.40. The van der Waals surface area contributed by atoms with E-state index in [0.717, 1.165) is 35.9 Å². The first-order valence-corrected chi connectivity index (χ1v) is 10.6. The molecule has 2 aromatic rings. The van der Waals surface area contributed by atoms with E-state index in [2.05, 4.69) is 25.1 Å². The van der Waals surface area contributed by atoms with E-state index in [1.807, 2.05) is 13.8 Å². The smallest absolute Gasteiger partial charge is 0.329 e. The largest absolute Gasteiger partial charge is 0.439 e. The van der Waals surface area contributed by atoms with Gasteiger partial charge in [0.1, 0.15) is 0 Å². The normalized spacial score (nSPS) is 17.1. The summed E-state index contributed by atoms with van der Waals surface area (Å²) in [6, 6.07) is 6.12. The molecule has 1 atom stereocenters. The first-order chi connectivity index (χ1) is 13.1. The highest BCUT2D eigenvalue weighted by Crippen LogP contribution is 2.34. The molecule has 3 rings (SSSR count). The Balaban J connectivity index is 1.90. The number of amides is 2. The SMILES string of the molecule is CCCC(=O)OC1CN(CCC)C(=O)N1c1nc2cc(CCC)ccc2s1. The molecule has 6 nitrogen and oxygen atoms in total. The molecule has 0 N–H and O–H groups in total. The molecule has 1 aliphatic heterocycles. The predicted octanol–water partition coefficient (Wildman–Crippen LogP) is 4.57. The minimum atomic E-state index is -0.612. The van der Waals surface area contributed by atoms with Crippen molar-refractivity contribution in [2.45, 2.75) is 59.1 Å². The number of anilines is 1. The zero-order chi connectivity index (χ0) is 19.4. The van der Waals surface area contributed by atoms with Gasteiger partial charge < -0.3 is 9.64 Å². The standard InChI is InChI=1S/C20H27N3O3S/c1-4-7-14-9-10-16-15(12-14)21-19(27-16)23-17(26-18(24)8-5-2)13-22(11-6-3)20(23)25/h9-10,12,17H,4-8,11,13H2,1-3H3. The minimum absolute atomic E-state index is 0.140. The Kier molecular flexibility index (Phi) is 6.31. The van der Waals surface area contributed by atoms with Crippen LogP contribution in [0, 0.1) is 0 Å². The summed E-state index contributed by atoms with van der Waals surface area (Å²) in [4.78, 5) is 32.9. The Hall–Kier alpha value is -2.15. The molecule has 1 aliphatic rings. The van der Waals surface area contributed by atoms with Crippen molar-refractivity contribution in [2.75, 3.05) is 18.0 Å². The Labute approximate surface area is 164 Å². The van der Waals surface area contributed by atoms with E-state index >= 15 is 0 Å². The average Bonchev–Trinajstić information content (AvgIpc) is 3.16. The number of fused-ring (bicyclic) bond motifs is 1. The lowest BCUT2D eigenvalue weighted by Crippen LogP contribution is -2.37. The summed E-state index contributed by atoms with van der Waals surface area (Å²) in [6.45, 7) is 7.14. The number of ether oxygens (including phenoxy) is 1. The third-order valence-electron chi connectivity index (χ3n) is 4.54. The maximum atomic E-state index is 12.9. The maximum Gasteiger partial charge on any atom is 0.329 e. The molecular formula is C20H27N3O3S. The number of aromatic nitrogens is 1. The van der Waals surface area contributed by atoms with Crippen molar-refractivity contribution in [3.63, 3.8) is 0 Å². The topological polar surface area (TPSA) is 62.7 Å². The van der Waals surface area contributed by atoms with Gasteiger partial charge in [-0.15, -0.1) is 0 Å². The first kappa shape index (κ1) is 19.6. The van der Waals surface area contributed by atoms with Crippen LogP contribution >= 0.6 is 11.3 Å². The molecule has 0 aliphatic carbocycles. The molecule has 0 spiro atoms. The van der Waals surface area contributed by atoms with Gasteiger partial charge in [0.25, 0.3) is 0 Å². The molecule has 1 aromatic heterocycles. The second-order valence-corrected chi connectivity index (χ2v) is 7.85. The number of thiazole rings is 1. The second kappa shape index (κ2) is 8.69. The highest BCUT2D eigenvalue weighted by atomic mass is 32.1. The first-order valence-electron chi connectivity index (χ1n) is 9.74. The number of urea groups is 1. The van der Waals surface area contributed by atoms with Gasteiger partial charge in [-0.25, -0.2) is 14.7 Å². The van der Waals surface area contributed by atoms with Crippen molar-refractivity contribution in [1.82, 2.24) is 9.88 Å². The number of nitrogens with zero attached hydrogens (tertiary/aromatic N) is 3. The molecule has 1 saturated heterocycles. The van der Waals surface area contributed by atoms with Gasteiger partial charge in [-0.1, -0.05) is 44.6 Å². The zero-order valence-electron chi connectivity index (χ0n) is 16.2. The Morgan fingerprint density at radius 3 is 2.78 bits per heavy atom. The molecule has 1 fully saturated rings. The van der Waals surface area contributed by atoms with E-state index in [0.29, 0.717) is 24.6 Å². The van der Waals surface area contributed by atoms with Crippen LogP contribution in [-0.4, -0.2) is 41.2 Å². The van der Waals surface area contributed by atoms with Gasteiger partial charge in [0.05, 0.1) is 16.8 Å². The number of carbonyl (C=O) groups is 2. The van der Waals surface area contributed by atoms with E-state index in [1.54, 1.807) is 9.80 Å². The number of esters is 1. The second-order valence-electron chi connectivity index (χ2n) is 6.84. The summed E-state index contributed by atoms with van der Waals surface area (Å²) in [7, 11) is 0. The van der Waals surface area contributed by atoms with E-state index in [1.165, 1.54) is 16.9 Å². The summed E-state index contributed by atoms with van der Waals surface area (Å²) >= 11 is 1.47. The number of hydrogen-bond acceptors (Lipinski definition) is 5. The van der Waals surface area contributed by atoms with Gasteiger partial charge in [0.15, 0.2) is 5.13 Å². The summed E-state index contributed by atoms with van der Waals surface area (Å²) < 4.78 is 6.65. The molecule has 1 aromatic carbocycles. The van der Waals surface area contributed by atoms with Crippen LogP contribution in [0.25, 0.3) is 10.2 Å². The van der Waals surface area contributed by atoms with Crippen LogP contribution in [0.4, 0.5) is 9.93 Å². The van der Waals surface area contributed by atoms with Crippen LogP contribution in [-0.2, 0) is 16.0 Å². The molecule has 0 bridgehead atoms. The van der Waals surface area contributed by atoms with Crippen LogP contribution in [0.1, 0.15) is 52.0 Å². The minimum Gasteiger partial charge on any atom is -0.439 e. The third kappa shape index (κ3) is 4.24. The van der Waals surface area contributed by atoms with Gasteiger partial charge >= 0.3 is 12.0 Å². The van der Waals surface area contributed by atoms with Crippen LogP contribution in [0.5, 0.6) is 0 Å². The molecule has 1 unspecified atom stereocenters. The van der Waals surface area contributed by atoms with Gasteiger partial charge in [-0.05, 0) is 37.0 Å². The Bertz CT molecular complexity index is 820. The van der Waals surface area contributed by atoms with Crippen molar-refractivity contribution in [3.05, 3.63) is 23.8 Å². The van der Waals surface area contributed by atoms with Crippen LogP contribution in [0.3, 0.4) is 0 Å². The number of hydrogen-bond donors (Lipinski definition) is 0. The predicted molar refractivity (Wildman–Crippen MR) is 108 cm³/mol. The quantitative estimate of drug-likeness (QED) is 0.621. The monoisotopic (exact) mass is 389 g/mol. The summed E-state index contributed by atoms with van der Waals surface area (Å²) in [5.74, 6) is -0.273. The van der Waals surface area contributed by atoms with E-state index in [-0.39, 0.29) is 12.0 Å². The van der Waals surface area contributed by atoms with Crippen molar-refractivity contribution >= 4 is 38.7 Å². The number of aryl methyl sites for hydroxylation is 1. The molecular weight excluding hydrogens is 362 g/mol. The lowest BCUT2D eigenvalue weighted by Gasteiger charge is -2.20. The van der Waals surface area contributed by atoms with Crippen LogP contribution in [0.2, 0.25) is 0 Å². The third-order valence-corrected chi connectivity index (χ3v) is 5.58. The Morgan fingerprint density at radius 2 is 2.07 bits per heavy atom. The van der Waals surface area contributed by atoms with Crippen molar-refractivity contribution in [3.8, 4) is 0 Å².